The molecule has 8 heteroatoms. The van der Waals surface area contributed by atoms with Crippen LogP contribution in [0.5, 0.6) is 0 Å². The molecule has 3 N–H and O–H groups in total. The lowest BCUT2D eigenvalue weighted by Crippen LogP contribution is -2.50. The topological polar surface area (TPSA) is 88.1 Å². The summed E-state index contributed by atoms with van der Waals surface area (Å²) < 4.78 is 1.64. The van der Waals surface area contributed by atoms with Crippen LogP contribution in [0.25, 0.3) is 10.6 Å². The van der Waals surface area contributed by atoms with Gasteiger partial charge in [0.1, 0.15) is 11.5 Å². The highest BCUT2D eigenvalue weighted by molar-refractivity contribution is 7.13. The smallest absolute Gasteiger partial charge is 0.229 e. The van der Waals surface area contributed by atoms with Gasteiger partial charge in [-0.3, -0.25) is 14.9 Å². The van der Waals surface area contributed by atoms with E-state index in [0.29, 0.717) is 12.2 Å². The van der Waals surface area contributed by atoms with Crippen LogP contribution in [-0.2, 0) is 16.0 Å². The SMILES string of the molecule is O=C(Cc1ccccc1)Nc1cc(-c2cccs2)nn1C1NC(=O)CC(c2ccccc2)N1. The monoisotopic (exact) mass is 457 g/mol. The quantitative estimate of drug-likeness (QED) is 0.407. The summed E-state index contributed by atoms with van der Waals surface area (Å²) in [7, 11) is 0. The molecule has 2 aromatic carbocycles. The molecule has 1 aliphatic rings. The van der Waals surface area contributed by atoms with Crippen molar-refractivity contribution in [3.63, 3.8) is 0 Å². The molecular weight excluding hydrogens is 434 g/mol. The average Bonchev–Trinajstić information content (AvgIpc) is 3.50. The van der Waals surface area contributed by atoms with E-state index in [4.69, 9.17) is 5.10 Å². The maximum absolute atomic E-state index is 12.8. The van der Waals surface area contributed by atoms with Crippen LogP contribution in [-0.4, -0.2) is 21.6 Å². The van der Waals surface area contributed by atoms with Crippen molar-refractivity contribution in [3.8, 4) is 10.6 Å². The number of carbonyl (C=O) groups excluding carboxylic acids is 2. The third-order valence-corrected chi connectivity index (χ3v) is 6.37. The van der Waals surface area contributed by atoms with E-state index in [1.54, 1.807) is 16.0 Å². The van der Waals surface area contributed by atoms with Gasteiger partial charge in [-0.05, 0) is 22.6 Å². The van der Waals surface area contributed by atoms with Gasteiger partial charge in [-0.25, -0.2) is 4.68 Å². The summed E-state index contributed by atoms with van der Waals surface area (Å²) in [6.07, 6.45) is -0.0237. The van der Waals surface area contributed by atoms with Crippen molar-refractivity contribution in [2.75, 3.05) is 5.32 Å². The van der Waals surface area contributed by atoms with Crippen LogP contribution in [0.4, 0.5) is 5.82 Å². The molecule has 2 aromatic heterocycles. The molecule has 4 aromatic rings. The minimum atomic E-state index is -0.600. The van der Waals surface area contributed by atoms with Gasteiger partial charge in [0.25, 0.3) is 0 Å². The zero-order chi connectivity index (χ0) is 22.6. The fourth-order valence-electron chi connectivity index (χ4n) is 3.92. The lowest BCUT2D eigenvalue weighted by molar-refractivity contribution is -0.125. The van der Waals surface area contributed by atoms with Gasteiger partial charge in [0.2, 0.25) is 11.8 Å². The van der Waals surface area contributed by atoms with Crippen LogP contribution >= 0.6 is 11.3 Å². The van der Waals surface area contributed by atoms with E-state index in [1.165, 1.54) is 0 Å². The Kier molecular flexibility index (Phi) is 6.01. The fraction of sp³-hybridized carbons (Fsp3) is 0.160. The second-order valence-electron chi connectivity index (χ2n) is 7.85. The van der Waals surface area contributed by atoms with Gasteiger partial charge in [0.05, 0.1) is 11.3 Å². The van der Waals surface area contributed by atoms with Crippen molar-refractivity contribution < 1.29 is 9.59 Å². The molecule has 1 aliphatic heterocycles. The number of nitrogens with zero attached hydrogens (tertiary/aromatic N) is 2. The van der Waals surface area contributed by atoms with Crippen LogP contribution < -0.4 is 16.0 Å². The Hall–Kier alpha value is -3.75. The first-order valence-electron chi connectivity index (χ1n) is 10.7. The maximum atomic E-state index is 12.8. The average molecular weight is 458 g/mol. The number of hydrogen-bond donors (Lipinski definition) is 3. The zero-order valence-electron chi connectivity index (χ0n) is 17.8. The predicted molar refractivity (Wildman–Crippen MR) is 128 cm³/mol. The van der Waals surface area contributed by atoms with Gasteiger partial charge >= 0.3 is 0 Å². The highest BCUT2D eigenvalue weighted by Crippen LogP contribution is 2.29. The number of amides is 2. The third-order valence-electron chi connectivity index (χ3n) is 5.48. The van der Waals surface area contributed by atoms with Gasteiger partial charge in [-0.15, -0.1) is 11.3 Å². The molecule has 0 radical (unpaired) electrons. The van der Waals surface area contributed by atoms with E-state index in [1.807, 2.05) is 84.2 Å². The van der Waals surface area contributed by atoms with Crippen molar-refractivity contribution in [1.82, 2.24) is 20.4 Å². The van der Waals surface area contributed by atoms with E-state index < -0.39 is 6.29 Å². The molecule has 5 rings (SSSR count). The summed E-state index contributed by atoms with van der Waals surface area (Å²) in [5.74, 6) is 0.287. The first kappa shape index (κ1) is 21.1. The lowest BCUT2D eigenvalue weighted by atomic mass is 10.0. The van der Waals surface area contributed by atoms with Crippen LogP contribution in [0.1, 0.15) is 29.9 Å². The molecular formula is C25H23N5O2S. The second-order valence-corrected chi connectivity index (χ2v) is 8.80. The predicted octanol–water partition coefficient (Wildman–Crippen LogP) is 4.10. The number of thiophene rings is 1. The van der Waals surface area contributed by atoms with E-state index in [0.717, 1.165) is 21.7 Å². The Bertz CT molecular complexity index is 1240. The highest BCUT2D eigenvalue weighted by Gasteiger charge is 2.30. The molecule has 0 saturated carbocycles. The van der Waals surface area contributed by atoms with Crippen molar-refractivity contribution >= 4 is 29.0 Å². The number of carbonyl (C=O) groups is 2. The zero-order valence-corrected chi connectivity index (χ0v) is 18.6. The van der Waals surface area contributed by atoms with E-state index in [9.17, 15) is 9.59 Å². The highest BCUT2D eigenvalue weighted by atomic mass is 32.1. The van der Waals surface area contributed by atoms with Crippen LogP contribution in [0.2, 0.25) is 0 Å². The maximum Gasteiger partial charge on any atom is 0.229 e. The number of hydrogen-bond acceptors (Lipinski definition) is 5. The minimum Gasteiger partial charge on any atom is -0.322 e. The molecule has 2 amide bonds. The minimum absolute atomic E-state index is 0.0812. The van der Waals surface area contributed by atoms with Gasteiger partial charge in [-0.2, -0.15) is 5.10 Å². The summed E-state index contributed by atoms with van der Waals surface area (Å²) in [5.41, 5.74) is 2.68. The molecule has 1 fully saturated rings. The molecule has 3 heterocycles. The van der Waals surface area contributed by atoms with Gasteiger partial charge in [0, 0.05) is 18.5 Å². The third kappa shape index (κ3) is 4.87. The first-order valence-corrected chi connectivity index (χ1v) is 11.6. The summed E-state index contributed by atoms with van der Waals surface area (Å²) in [6.45, 7) is 0. The molecule has 7 nitrogen and oxygen atoms in total. The summed E-state index contributed by atoms with van der Waals surface area (Å²) in [4.78, 5) is 26.3. The fourth-order valence-corrected chi connectivity index (χ4v) is 4.60. The van der Waals surface area contributed by atoms with Crippen LogP contribution in [0.3, 0.4) is 0 Å². The first-order chi connectivity index (χ1) is 16.2. The number of rotatable bonds is 6. The van der Waals surface area contributed by atoms with Crippen molar-refractivity contribution in [3.05, 3.63) is 95.4 Å². The summed E-state index contributed by atoms with van der Waals surface area (Å²) in [6, 6.07) is 25.0. The summed E-state index contributed by atoms with van der Waals surface area (Å²) in [5, 5.41) is 16.1. The molecule has 1 saturated heterocycles. The molecule has 2 unspecified atom stereocenters. The molecule has 0 aliphatic carbocycles. The Labute approximate surface area is 195 Å². The Morgan fingerprint density at radius 3 is 2.55 bits per heavy atom. The molecule has 2 atom stereocenters. The van der Waals surface area contributed by atoms with Crippen molar-refractivity contribution in [2.45, 2.75) is 25.2 Å². The number of nitrogens with one attached hydrogen (secondary N) is 3. The molecule has 166 valence electrons. The summed E-state index contributed by atoms with van der Waals surface area (Å²) >= 11 is 1.57. The van der Waals surface area contributed by atoms with Crippen LogP contribution in [0, 0.1) is 0 Å². The Balaban J connectivity index is 1.44. The van der Waals surface area contributed by atoms with Crippen LogP contribution in [0.15, 0.2) is 84.2 Å². The van der Waals surface area contributed by atoms with Crippen molar-refractivity contribution in [1.29, 1.82) is 0 Å². The molecule has 33 heavy (non-hydrogen) atoms. The number of benzene rings is 2. The molecule has 0 spiro atoms. The number of anilines is 1. The number of aromatic nitrogens is 2. The van der Waals surface area contributed by atoms with Gasteiger partial charge in [-0.1, -0.05) is 66.7 Å². The lowest BCUT2D eigenvalue weighted by Gasteiger charge is -2.32. The standard InChI is InChI=1S/C25H23N5O2S/c31-23(14-17-8-3-1-4-9-17)27-22-15-20(21-12-7-13-33-21)29-30(22)25-26-19(16-24(32)28-25)18-10-5-2-6-11-18/h1-13,15,19,25-26H,14,16H2,(H,27,31)(H,28,32). The van der Waals surface area contributed by atoms with E-state index in [2.05, 4.69) is 16.0 Å². The Morgan fingerprint density at radius 2 is 1.82 bits per heavy atom. The van der Waals surface area contributed by atoms with Gasteiger partial charge in [0.15, 0.2) is 6.29 Å². The largest absolute Gasteiger partial charge is 0.322 e. The normalized spacial score (nSPS) is 18.0. The van der Waals surface area contributed by atoms with Gasteiger partial charge < -0.3 is 10.6 Å². The van der Waals surface area contributed by atoms with E-state index >= 15 is 0 Å². The second kappa shape index (κ2) is 9.40. The van der Waals surface area contributed by atoms with Crippen molar-refractivity contribution in [2.24, 2.45) is 0 Å². The van der Waals surface area contributed by atoms with E-state index in [-0.39, 0.29) is 24.3 Å². The molecule has 0 bridgehead atoms. The Morgan fingerprint density at radius 1 is 1.06 bits per heavy atom.